The largest absolute Gasteiger partial charge is 0.356 e. The van der Waals surface area contributed by atoms with Crippen LogP contribution in [0.2, 0.25) is 0 Å². The summed E-state index contributed by atoms with van der Waals surface area (Å²) in [6.45, 7) is 5.94. The van der Waals surface area contributed by atoms with Crippen LogP contribution in [0.25, 0.3) is 0 Å². The predicted molar refractivity (Wildman–Crippen MR) is 98.3 cm³/mol. The SMILES string of the molecule is CSCC[C@H](C)NC(=O)NC1CCN(c2cccc(C)n2)CC1. The van der Waals surface area contributed by atoms with Crippen LogP contribution < -0.4 is 15.5 Å². The molecule has 1 atom stereocenters. The lowest BCUT2D eigenvalue weighted by Crippen LogP contribution is -2.49. The first-order valence-electron chi connectivity index (χ1n) is 8.33. The summed E-state index contributed by atoms with van der Waals surface area (Å²) in [6.07, 6.45) is 5.01. The molecule has 2 amide bonds. The summed E-state index contributed by atoms with van der Waals surface area (Å²) >= 11 is 1.81. The predicted octanol–water partition coefficient (Wildman–Crippen LogP) is 2.80. The number of hydrogen-bond donors (Lipinski definition) is 2. The molecule has 0 radical (unpaired) electrons. The number of rotatable bonds is 6. The molecule has 5 nitrogen and oxygen atoms in total. The van der Waals surface area contributed by atoms with Crippen LogP contribution in [0.3, 0.4) is 0 Å². The zero-order chi connectivity index (χ0) is 16.7. The highest BCUT2D eigenvalue weighted by molar-refractivity contribution is 7.98. The van der Waals surface area contributed by atoms with Gasteiger partial charge in [0.05, 0.1) is 0 Å². The van der Waals surface area contributed by atoms with E-state index in [1.54, 1.807) is 0 Å². The van der Waals surface area contributed by atoms with E-state index in [2.05, 4.69) is 39.8 Å². The topological polar surface area (TPSA) is 57.3 Å². The number of amides is 2. The molecule has 1 saturated heterocycles. The molecule has 6 heteroatoms. The first-order valence-corrected chi connectivity index (χ1v) is 9.72. The molecule has 1 fully saturated rings. The minimum Gasteiger partial charge on any atom is -0.356 e. The number of piperidine rings is 1. The monoisotopic (exact) mass is 336 g/mol. The van der Waals surface area contributed by atoms with E-state index >= 15 is 0 Å². The van der Waals surface area contributed by atoms with Gasteiger partial charge in [-0.3, -0.25) is 0 Å². The van der Waals surface area contributed by atoms with E-state index in [1.807, 2.05) is 30.8 Å². The maximum absolute atomic E-state index is 12.0. The minimum absolute atomic E-state index is 0.0364. The Morgan fingerprint density at radius 2 is 2.17 bits per heavy atom. The van der Waals surface area contributed by atoms with E-state index in [0.29, 0.717) is 0 Å². The third-order valence-electron chi connectivity index (χ3n) is 4.16. The molecule has 1 aromatic rings. The van der Waals surface area contributed by atoms with Gasteiger partial charge in [-0.2, -0.15) is 11.8 Å². The second-order valence-electron chi connectivity index (χ2n) is 6.20. The van der Waals surface area contributed by atoms with Gasteiger partial charge in [-0.05, 0) is 57.3 Å². The van der Waals surface area contributed by atoms with Gasteiger partial charge in [-0.25, -0.2) is 9.78 Å². The summed E-state index contributed by atoms with van der Waals surface area (Å²) in [6, 6.07) is 6.56. The molecule has 0 spiro atoms. The zero-order valence-electron chi connectivity index (χ0n) is 14.3. The summed E-state index contributed by atoms with van der Waals surface area (Å²) < 4.78 is 0. The van der Waals surface area contributed by atoms with E-state index in [9.17, 15) is 4.79 Å². The molecular formula is C17H28N4OS. The van der Waals surface area contributed by atoms with Crippen molar-refractivity contribution in [3.8, 4) is 0 Å². The normalized spacial score (nSPS) is 16.9. The van der Waals surface area contributed by atoms with E-state index in [0.717, 1.165) is 49.6 Å². The van der Waals surface area contributed by atoms with Gasteiger partial charge in [0.15, 0.2) is 0 Å². The molecule has 1 aliphatic rings. The standard InChI is InChI=1S/C17H28N4OS/c1-13-5-4-6-16(18-13)21-10-7-15(8-11-21)20-17(22)19-14(2)9-12-23-3/h4-6,14-15H,7-12H2,1-3H3,(H2,19,20,22)/t14-/m0/s1. The molecule has 2 heterocycles. The quantitative estimate of drug-likeness (QED) is 0.839. The molecule has 0 bridgehead atoms. The van der Waals surface area contributed by atoms with Gasteiger partial charge in [0, 0.05) is 30.9 Å². The number of carbonyl (C=O) groups excluding carboxylic acids is 1. The first-order chi connectivity index (χ1) is 11.1. The van der Waals surface area contributed by atoms with E-state index < -0.39 is 0 Å². The number of nitrogens with zero attached hydrogens (tertiary/aromatic N) is 2. The van der Waals surface area contributed by atoms with Crippen molar-refractivity contribution < 1.29 is 4.79 Å². The lowest BCUT2D eigenvalue weighted by molar-refractivity contribution is 0.231. The smallest absolute Gasteiger partial charge is 0.315 e. The number of aromatic nitrogens is 1. The van der Waals surface area contributed by atoms with Gasteiger partial charge in [-0.1, -0.05) is 6.07 Å². The second kappa shape index (κ2) is 9.01. The molecule has 128 valence electrons. The van der Waals surface area contributed by atoms with Crippen LogP contribution in [0, 0.1) is 6.92 Å². The van der Waals surface area contributed by atoms with Crippen molar-refractivity contribution >= 4 is 23.6 Å². The number of pyridine rings is 1. The Balaban J connectivity index is 1.73. The van der Waals surface area contributed by atoms with E-state index in [4.69, 9.17) is 0 Å². The molecule has 23 heavy (non-hydrogen) atoms. The third kappa shape index (κ3) is 5.94. The van der Waals surface area contributed by atoms with Gasteiger partial charge >= 0.3 is 6.03 Å². The van der Waals surface area contributed by atoms with Gasteiger partial charge in [0.2, 0.25) is 0 Å². The van der Waals surface area contributed by atoms with Crippen LogP contribution in [-0.4, -0.2) is 48.2 Å². The molecule has 0 aliphatic carbocycles. The van der Waals surface area contributed by atoms with Crippen molar-refractivity contribution in [3.05, 3.63) is 23.9 Å². The summed E-state index contributed by atoms with van der Waals surface area (Å²) in [5.41, 5.74) is 1.04. The average molecular weight is 337 g/mol. The molecule has 0 saturated carbocycles. The molecule has 0 unspecified atom stereocenters. The molecule has 2 rings (SSSR count). The van der Waals surface area contributed by atoms with Crippen molar-refractivity contribution in [3.63, 3.8) is 0 Å². The molecule has 2 N–H and O–H groups in total. The Morgan fingerprint density at radius 3 is 2.83 bits per heavy atom. The highest BCUT2D eigenvalue weighted by atomic mass is 32.2. The summed E-state index contributed by atoms with van der Waals surface area (Å²) in [7, 11) is 0. The second-order valence-corrected chi connectivity index (χ2v) is 7.18. The van der Waals surface area contributed by atoms with Gasteiger partial charge in [0.25, 0.3) is 0 Å². The summed E-state index contributed by atoms with van der Waals surface area (Å²) in [4.78, 5) is 18.9. The van der Waals surface area contributed by atoms with Crippen molar-refractivity contribution in [2.75, 3.05) is 30.0 Å². The Labute approximate surface area is 143 Å². The molecule has 0 aromatic carbocycles. The Hall–Kier alpha value is -1.43. The number of hydrogen-bond acceptors (Lipinski definition) is 4. The van der Waals surface area contributed by atoms with Crippen LogP contribution in [0.4, 0.5) is 10.6 Å². The number of nitrogens with one attached hydrogen (secondary N) is 2. The molecular weight excluding hydrogens is 308 g/mol. The van der Waals surface area contributed by atoms with Crippen LogP contribution in [-0.2, 0) is 0 Å². The van der Waals surface area contributed by atoms with Gasteiger partial charge in [0.1, 0.15) is 5.82 Å². The maximum Gasteiger partial charge on any atom is 0.315 e. The van der Waals surface area contributed by atoms with Crippen molar-refractivity contribution in [1.82, 2.24) is 15.6 Å². The fourth-order valence-corrected chi connectivity index (χ4v) is 3.36. The molecule has 1 aromatic heterocycles. The number of anilines is 1. The zero-order valence-corrected chi connectivity index (χ0v) is 15.2. The van der Waals surface area contributed by atoms with E-state index in [-0.39, 0.29) is 18.1 Å². The van der Waals surface area contributed by atoms with Crippen molar-refractivity contribution in [2.45, 2.75) is 45.2 Å². The maximum atomic E-state index is 12.0. The Morgan fingerprint density at radius 1 is 1.43 bits per heavy atom. The summed E-state index contributed by atoms with van der Waals surface area (Å²) in [5.74, 6) is 2.11. The first kappa shape index (κ1) is 17.9. The lowest BCUT2D eigenvalue weighted by atomic mass is 10.1. The number of urea groups is 1. The third-order valence-corrected chi connectivity index (χ3v) is 4.80. The van der Waals surface area contributed by atoms with E-state index in [1.165, 1.54) is 0 Å². The van der Waals surface area contributed by atoms with Crippen molar-refractivity contribution in [1.29, 1.82) is 0 Å². The van der Waals surface area contributed by atoms with Crippen LogP contribution in [0.15, 0.2) is 18.2 Å². The fraction of sp³-hybridized carbons (Fsp3) is 0.647. The van der Waals surface area contributed by atoms with Crippen LogP contribution in [0.5, 0.6) is 0 Å². The Kier molecular flexibility index (Phi) is 7.02. The highest BCUT2D eigenvalue weighted by Gasteiger charge is 2.21. The highest BCUT2D eigenvalue weighted by Crippen LogP contribution is 2.18. The number of thioether (sulfide) groups is 1. The Bertz CT molecular complexity index is 503. The number of aryl methyl sites for hydroxylation is 1. The fourth-order valence-electron chi connectivity index (χ4n) is 2.78. The average Bonchev–Trinajstić information content (AvgIpc) is 2.53. The number of carbonyl (C=O) groups is 1. The lowest BCUT2D eigenvalue weighted by Gasteiger charge is -2.33. The van der Waals surface area contributed by atoms with Crippen LogP contribution in [0.1, 0.15) is 31.9 Å². The van der Waals surface area contributed by atoms with Crippen molar-refractivity contribution in [2.24, 2.45) is 0 Å². The summed E-state index contributed by atoms with van der Waals surface area (Å²) in [5, 5.41) is 6.13. The van der Waals surface area contributed by atoms with Gasteiger partial charge in [-0.15, -0.1) is 0 Å². The minimum atomic E-state index is -0.0364. The van der Waals surface area contributed by atoms with Crippen LogP contribution >= 0.6 is 11.8 Å². The molecule has 1 aliphatic heterocycles. The van der Waals surface area contributed by atoms with Gasteiger partial charge < -0.3 is 15.5 Å².